The minimum absolute atomic E-state index is 0.0488. The zero-order chi connectivity index (χ0) is 20.4. The van der Waals surface area contributed by atoms with Crippen LogP contribution in [0.25, 0.3) is 11.4 Å². The van der Waals surface area contributed by atoms with Crippen molar-refractivity contribution in [3.05, 3.63) is 69.0 Å². The summed E-state index contributed by atoms with van der Waals surface area (Å²) in [5, 5.41) is 22.4. The molecule has 4 rings (SSSR count). The van der Waals surface area contributed by atoms with Crippen LogP contribution in [0.2, 0.25) is 5.02 Å². The molecule has 0 aliphatic carbocycles. The Morgan fingerprint density at radius 2 is 1.90 bits per heavy atom. The molecule has 2 heterocycles. The zero-order valence-electron chi connectivity index (χ0n) is 15.5. The number of amides is 1. The predicted molar refractivity (Wildman–Crippen MR) is 109 cm³/mol. The van der Waals surface area contributed by atoms with Gasteiger partial charge in [0.15, 0.2) is 5.82 Å². The van der Waals surface area contributed by atoms with Crippen molar-refractivity contribution in [1.29, 1.82) is 0 Å². The highest BCUT2D eigenvalue weighted by Crippen LogP contribution is 2.26. The fourth-order valence-electron chi connectivity index (χ4n) is 3.40. The molecule has 3 aromatic rings. The molecule has 0 saturated heterocycles. The number of carbonyl (C=O) groups is 1. The molecular weight excluding hydrogens is 394 g/mol. The Balaban J connectivity index is 1.54. The van der Waals surface area contributed by atoms with E-state index in [2.05, 4.69) is 20.1 Å². The van der Waals surface area contributed by atoms with Gasteiger partial charge in [0.05, 0.1) is 15.5 Å². The number of nitro benzene ring substituents is 1. The lowest BCUT2D eigenvalue weighted by Crippen LogP contribution is -2.12. The molecule has 2 aromatic carbocycles. The third kappa shape index (κ3) is 3.97. The van der Waals surface area contributed by atoms with E-state index in [1.165, 1.54) is 18.6 Å². The average Bonchev–Trinajstić information content (AvgIpc) is 2.96. The fraction of sp³-hybridized carbons (Fsp3) is 0.250. The van der Waals surface area contributed by atoms with Crippen LogP contribution < -0.4 is 5.32 Å². The van der Waals surface area contributed by atoms with Crippen molar-refractivity contribution in [3.63, 3.8) is 0 Å². The van der Waals surface area contributed by atoms with Gasteiger partial charge in [-0.2, -0.15) is 0 Å². The lowest BCUT2D eigenvalue weighted by atomic mass is 10.1. The number of rotatable bonds is 4. The first-order valence-corrected chi connectivity index (χ1v) is 9.68. The molecule has 0 fully saturated rings. The molecule has 1 N–H and O–H groups in total. The summed E-state index contributed by atoms with van der Waals surface area (Å²) in [5.41, 5.74) is 1.32. The Morgan fingerprint density at radius 1 is 1.10 bits per heavy atom. The summed E-state index contributed by atoms with van der Waals surface area (Å²) in [6.07, 6.45) is 4.36. The van der Waals surface area contributed by atoms with E-state index >= 15 is 0 Å². The Hall–Kier alpha value is -3.26. The van der Waals surface area contributed by atoms with E-state index in [1.54, 1.807) is 12.1 Å². The van der Waals surface area contributed by atoms with Crippen LogP contribution >= 0.6 is 11.6 Å². The van der Waals surface area contributed by atoms with Crippen molar-refractivity contribution in [2.45, 2.75) is 32.2 Å². The van der Waals surface area contributed by atoms with E-state index in [1.807, 2.05) is 12.1 Å². The van der Waals surface area contributed by atoms with Crippen molar-refractivity contribution in [1.82, 2.24) is 14.8 Å². The van der Waals surface area contributed by atoms with Crippen LogP contribution in [-0.2, 0) is 13.0 Å². The van der Waals surface area contributed by atoms with Gasteiger partial charge in [-0.15, -0.1) is 10.2 Å². The van der Waals surface area contributed by atoms with Gasteiger partial charge < -0.3 is 9.88 Å². The first-order chi connectivity index (χ1) is 14.0. The molecule has 148 valence electrons. The second-order valence-electron chi connectivity index (χ2n) is 6.85. The Morgan fingerprint density at radius 3 is 2.66 bits per heavy atom. The molecule has 1 amide bonds. The molecule has 29 heavy (non-hydrogen) atoms. The third-order valence-corrected chi connectivity index (χ3v) is 5.25. The first kappa shape index (κ1) is 19.1. The molecule has 0 saturated carbocycles. The summed E-state index contributed by atoms with van der Waals surface area (Å²) in [5.74, 6) is 1.32. The topological polar surface area (TPSA) is 103 Å². The van der Waals surface area contributed by atoms with Gasteiger partial charge in [-0.05, 0) is 43.2 Å². The Bertz CT molecular complexity index is 1080. The molecule has 0 atom stereocenters. The number of benzene rings is 2. The number of nitro groups is 1. The number of carbonyl (C=O) groups excluding carboxylic acids is 1. The van der Waals surface area contributed by atoms with E-state index in [-0.39, 0.29) is 16.3 Å². The number of non-ortho nitro benzene ring substituents is 1. The average molecular weight is 412 g/mol. The molecule has 0 bridgehead atoms. The second kappa shape index (κ2) is 8.00. The molecule has 0 spiro atoms. The van der Waals surface area contributed by atoms with Crippen molar-refractivity contribution in [3.8, 4) is 11.4 Å². The number of anilines is 1. The van der Waals surface area contributed by atoms with Gasteiger partial charge >= 0.3 is 0 Å². The minimum Gasteiger partial charge on any atom is -0.322 e. The Kier molecular flexibility index (Phi) is 5.26. The number of nitrogens with zero attached hydrogens (tertiary/aromatic N) is 4. The zero-order valence-corrected chi connectivity index (χ0v) is 16.2. The number of hydrogen-bond donors (Lipinski definition) is 1. The summed E-state index contributed by atoms with van der Waals surface area (Å²) in [6.45, 7) is 0.904. The quantitative estimate of drug-likeness (QED) is 0.503. The summed E-state index contributed by atoms with van der Waals surface area (Å²) >= 11 is 6.03. The largest absolute Gasteiger partial charge is 0.322 e. The Labute approximate surface area is 171 Å². The number of hydrogen-bond acceptors (Lipinski definition) is 5. The summed E-state index contributed by atoms with van der Waals surface area (Å²) in [4.78, 5) is 22.9. The van der Waals surface area contributed by atoms with Crippen molar-refractivity contribution in [2.75, 3.05) is 5.32 Å². The predicted octanol–water partition coefficient (Wildman–Crippen LogP) is 4.49. The van der Waals surface area contributed by atoms with Crippen molar-refractivity contribution >= 4 is 28.9 Å². The van der Waals surface area contributed by atoms with Crippen LogP contribution in [0.1, 0.15) is 35.4 Å². The molecule has 9 heteroatoms. The molecule has 1 aromatic heterocycles. The lowest BCUT2D eigenvalue weighted by molar-refractivity contribution is -0.384. The standard InChI is InChI=1S/C20H18ClN5O3/c21-17-10-9-15(26(28)29)12-16(17)20(27)22-14-7-5-13(6-8-14)19-24-23-18-4-2-1-3-11-25(18)19/h5-10,12H,1-4,11H2,(H,22,27). The maximum atomic E-state index is 12.5. The number of aromatic nitrogens is 3. The third-order valence-electron chi connectivity index (χ3n) is 4.92. The maximum absolute atomic E-state index is 12.5. The maximum Gasteiger partial charge on any atom is 0.270 e. The van der Waals surface area contributed by atoms with Crippen molar-refractivity contribution < 1.29 is 9.72 Å². The summed E-state index contributed by atoms with van der Waals surface area (Å²) < 4.78 is 2.16. The van der Waals surface area contributed by atoms with Crippen LogP contribution in [0.5, 0.6) is 0 Å². The highest BCUT2D eigenvalue weighted by atomic mass is 35.5. The number of nitrogens with one attached hydrogen (secondary N) is 1. The van der Waals surface area contributed by atoms with Gasteiger partial charge in [0.1, 0.15) is 5.82 Å². The summed E-state index contributed by atoms with van der Waals surface area (Å²) in [7, 11) is 0. The van der Waals surface area contributed by atoms with Gasteiger partial charge in [-0.3, -0.25) is 14.9 Å². The van der Waals surface area contributed by atoms with Crippen LogP contribution in [0.15, 0.2) is 42.5 Å². The van der Waals surface area contributed by atoms with Gasteiger partial charge in [-0.1, -0.05) is 18.0 Å². The summed E-state index contributed by atoms with van der Waals surface area (Å²) in [6, 6.07) is 11.0. The van der Waals surface area contributed by atoms with Gasteiger partial charge in [0.25, 0.3) is 11.6 Å². The monoisotopic (exact) mass is 411 g/mol. The molecule has 0 unspecified atom stereocenters. The van der Waals surface area contributed by atoms with E-state index in [0.29, 0.717) is 5.69 Å². The minimum atomic E-state index is -0.566. The smallest absolute Gasteiger partial charge is 0.270 e. The van der Waals surface area contributed by atoms with Gasteiger partial charge in [0, 0.05) is 36.3 Å². The van der Waals surface area contributed by atoms with E-state index in [4.69, 9.17) is 11.6 Å². The highest BCUT2D eigenvalue weighted by Gasteiger charge is 2.18. The lowest BCUT2D eigenvalue weighted by Gasteiger charge is -2.09. The van der Waals surface area contributed by atoms with E-state index in [9.17, 15) is 14.9 Å². The second-order valence-corrected chi connectivity index (χ2v) is 7.26. The van der Waals surface area contributed by atoms with Crippen LogP contribution in [0.4, 0.5) is 11.4 Å². The molecule has 1 aliphatic rings. The van der Waals surface area contributed by atoms with Gasteiger partial charge in [0.2, 0.25) is 0 Å². The van der Waals surface area contributed by atoms with E-state index in [0.717, 1.165) is 49.1 Å². The molecular formula is C20H18ClN5O3. The molecule has 0 radical (unpaired) electrons. The number of fused-ring (bicyclic) bond motifs is 1. The number of halogens is 1. The van der Waals surface area contributed by atoms with Crippen LogP contribution in [0.3, 0.4) is 0 Å². The highest BCUT2D eigenvalue weighted by molar-refractivity contribution is 6.34. The van der Waals surface area contributed by atoms with Crippen molar-refractivity contribution in [2.24, 2.45) is 0 Å². The number of aryl methyl sites for hydroxylation is 1. The van der Waals surface area contributed by atoms with E-state index < -0.39 is 10.8 Å². The van der Waals surface area contributed by atoms with Gasteiger partial charge in [-0.25, -0.2) is 0 Å². The normalized spacial score (nSPS) is 13.4. The molecule has 8 nitrogen and oxygen atoms in total. The SMILES string of the molecule is O=C(Nc1ccc(-c2nnc3n2CCCCC3)cc1)c1cc([N+](=O)[O-])ccc1Cl. The van der Waals surface area contributed by atoms with Crippen LogP contribution in [-0.4, -0.2) is 25.6 Å². The van der Waals surface area contributed by atoms with Crippen LogP contribution in [0, 0.1) is 10.1 Å². The molecule has 1 aliphatic heterocycles. The first-order valence-electron chi connectivity index (χ1n) is 9.31. The fourth-order valence-corrected chi connectivity index (χ4v) is 3.60.